The lowest BCUT2D eigenvalue weighted by Gasteiger charge is -2.16. The molecule has 0 saturated heterocycles. The lowest BCUT2D eigenvalue weighted by Crippen LogP contribution is -2.17. The minimum atomic E-state index is -5.03. The zero-order chi connectivity index (χ0) is 19.6. The van der Waals surface area contributed by atoms with Gasteiger partial charge in [0.1, 0.15) is 22.8 Å². The molecular formula is C15H8ClF6NO3. The Morgan fingerprint density at radius 2 is 1.65 bits per heavy atom. The SMILES string of the molecule is NC(=O)c1c(Oc2ccc(OC(F)F)cc2)cc(C(F)(F)F)c(Cl)c1F. The third-order valence-electron chi connectivity index (χ3n) is 3.00. The largest absolute Gasteiger partial charge is 0.456 e. The Morgan fingerprint density at radius 1 is 1.12 bits per heavy atom. The van der Waals surface area contributed by atoms with Crippen molar-refractivity contribution in [1.29, 1.82) is 0 Å². The summed E-state index contributed by atoms with van der Waals surface area (Å²) in [6, 6.07) is 4.49. The maximum absolute atomic E-state index is 14.1. The van der Waals surface area contributed by atoms with Crippen LogP contribution in [0, 0.1) is 5.82 Å². The molecule has 26 heavy (non-hydrogen) atoms. The van der Waals surface area contributed by atoms with Crippen molar-refractivity contribution in [3.05, 3.63) is 52.3 Å². The zero-order valence-corrected chi connectivity index (χ0v) is 13.2. The first kappa shape index (κ1) is 19.7. The molecule has 0 fully saturated rings. The van der Waals surface area contributed by atoms with E-state index in [1.54, 1.807) is 0 Å². The Bertz CT molecular complexity index is 824. The van der Waals surface area contributed by atoms with Crippen LogP contribution >= 0.6 is 11.6 Å². The van der Waals surface area contributed by atoms with E-state index in [-0.39, 0.29) is 11.5 Å². The molecule has 0 unspecified atom stereocenters. The minimum Gasteiger partial charge on any atom is -0.456 e. The van der Waals surface area contributed by atoms with Gasteiger partial charge in [-0.05, 0) is 30.3 Å². The van der Waals surface area contributed by atoms with Crippen LogP contribution in [0.15, 0.2) is 30.3 Å². The summed E-state index contributed by atoms with van der Waals surface area (Å²) in [5.74, 6) is -4.38. The highest BCUT2D eigenvalue weighted by molar-refractivity contribution is 6.32. The molecule has 2 N–H and O–H groups in total. The van der Waals surface area contributed by atoms with E-state index in [0.717, 1.165) is 24.3 Å². The van der Waals surface area contributed by atoms with Gasteiger partial charge in [0.25, 0.3) is 5.91 Å². The second-order valence-electron chi connectivity index (χ2n) is 4.74. The van der Waals surface area contributed by atoms with E-state index in [9.17, 15) is 31.1 Å². The summed E-state index contributed by atoms with van der Waals surface area (Å²) >= 11 is 5.33. The van der Waals surface area contributed by atoms with Crippen LogP contribution in [0.1, 0.15) is 15.9 Å². The first-order chi connectivity index (χ1) is 12.0. The topological polar surface area (TPSA) is 61.6 Å². The number of primary amides is 1. The van der Waals surface area contributed by atoms with E-state index in [2.05, 4.69) is 4.74 Å². The number of nitrogens with two attached hydrogens (primary N) is 1. The Kier molecular flexibility index (Phi) is 5.55. The number of halogens is 7. The van der Waals surface area contributed by atoms with Crippen LogP contribution < -0.4 is 15.2 Å². The van der Waals surface area contributed by atoms with Gasteiger partial charge in [-0.15, -0.1) is 0 Å². The fourth-order valence-electron chi connectivity index (χ4n) is 1.94. The monoisotopic (exact) mass is 399 g/mol. The molecule has 0 aliphatic carbocycles. The molecule has 0 heterocycles. The van der Waals surface area contributed by atoms with Crippen molar-refractivity contribution >= 4 is 17.5 Å². The fraction of sp³-hybridized carbons (Fsp3) is 0.133. The molecule has 0 aliphatic heterocycles. The first-order valence-electron chi connectivity index (χ1n) is 6.62. The minimum absolute atomic E-state index is 0.191. The zero-order valence-electron chi connectivity index (χ0n) is 12.4. The molecule has 0 spiro atoms. The molecule has 2 rings (SSSR count). The van der Waals surface area contributed by atoms with Crippen molar-refractivity contribution in [2.24, 2.45) is 5.73 Å². The van der Waals surface area contributed by atoms with Crippen molar-refractivity contribution in [1.82, 2.24) is 0 Å². The number of ether oxygens (including phenoxy) is 2. The summed E-state index contributed by atoms with van der Waals surface area (Å²) in [5, 5.41) is -1.33. The van der Waals surface area contributed by atoms with Crippen LogP contribution in [0.3, 0.4) is 0 Å². The number of benzene rings is 2. The lowest BCUT2D eigenvalue weighted by molar-refractivity contribution is -0.137. The summed E-state index contributed by atoms with van der Waals surface area (Å²) in [7, 11) is 0. The Hall–Kier alpha value is -2.62. The number of carbonyl (C=O) groups excluding carboxylic acids is 1. The van der Waals surface area contributed by atoms with Crippen LogP contribution in [0.25, 0.3) is 0 Å². The quantitative estimate of drug-likeness (QED) is 0.720. The van der Waals surface area contributed by atoms with Crippen LogP contribution in [0.5, 0.6) is 17.2 Å². The highest BCUT2D eigenvalue weighted by Gasteiger charge is 2.37. The van der Waals surface area contributed by atoms with Crippen molar-refractivity contribution in [3.8, 4) is 17.2 Å². The van der Waals surface area contributed by atoms with Crippen LogP contribution in [0.4, 0.5) is 26.3 Å². The Morgan fingerprint density at radius 3 is 2.12 bits per heavy atom. The molecular weight excluding hydrogens is 392 g/mol. The first-order valence-corrected chi connectivity index (χ1v) is 7.00. The second-order valence-corrected chi connectivity index (χ2v) is 5.12. The van der Waals surface area contributed by atoms with Gasteiger partial charge in [0, 0.05) is 0 Å². The van der Waals surface area contributed by atoms with Gasteiger partial charge in [0.15, 0.2) is 5.82 Å². The molecule has 2 aromatic carbocycles. The van der Waals surface area contributed by atoms with Crippen LogP contribution in [-0.2, 0) is 6.18 Å². The molecule has 140 valence electrons. The fourth-order valence-corrected chi connectivity index (χ4v) is 2.19. The van der Waals surface area contributed by atoms with Gasteiger partial charge >= 0.3 is 12.8 Å². The van der Waals surface area contributed by atoms with Gasteiger partial charge in [0.05, 0.1) is 10.6 Å². The molecule has 0 saturated carbocycles. The Labute approximate surface area is 147 Å². The number of carbonyl (C=O) groups is 1. The van der Waals surface area contributed by atoms with Gasteiger partial charge in [-0.1, -0.05) is 11.6 Å². The molecule has 11 heteroatoms. The summed E-state index contributed by atoms with van der Waals surface area (Å²) < 4.78 is 86.2. The molecule has 0 aromatic heterocycles. The van der Waals surface area contributed by atoms with E-state index in [0.29, 0.717) is 6.07 Å². The molecule has 0 radical (unpaired) electrons. The predicted molar refractivity (Wildman–Crippen MR) is 78.1 cm³/mol. The summed E-state index contributed by atoms with van der Waals surface area (Å²) in [6.45, 7) is -3.08. The van der Waals surface area contributed by atoms with Gasteiger partial charge < -0.3 is 15.2 Å². The predicted octanol–water partition coefficient (Wildman–Crippen LogP) is 4.99. The number of alkyl halides is 5. The number of hydrogen-bond acceptors (Lipinski definition) is 3. The van der Waals surface area contributed by atoms with Gasteiger partial charge in [-0.3, -0.25) is 4.79 Å². The van der Waals surface area contributed by atoms with Gasteiger partial charge in [-0.2, -0.15) is 22.0 Å². The molecule has 0 atom stereocenters. The highest BCUT2D eigenvalue weighted by Crippen LogP contribution is 2.41. The maximum atomic E-state index is 14.1. The normalized spacial score (nSPS) is 11.5. The number of hydrogen-bond donors (Lipinski definition) is 1. The lowest BCUT2D eigenvalue weighted by atomic mass is 10.1. The van der Waals surface area contributed by atoms with E-state index in [4.69, 9.17) is 22.1 Å². The molecule has 0 aliphatic rings. The average Bonchev–Trinajstić information content (AvgIpc) is 2.50. The molecule has 4 nitrogen and oxygen atoms in total. The van der Waals surface area contributed by atoms with E-state index >= 15 is 0 Å². The average molecular weight is 400 g/mol. The molecule has 1 amide bonds. The van der Waals surface area contributed by atoms with Crippen molar-refractivity contribution < 1.29 is 40.6 Å². The standard InChI is InChI=1S/C15H8ClF6NO3/c16-11-8(15(20,21)22)5-9(10(12(11)17)13(23)24)25-6-1-3-7(4-2-6)26-14(18)19/h1-5,14H,(H2,23,24). The summed E-state index contributed by atoms with van der Waals surface area (Å²) in [5.41, 5.74) is 2.41. The van der Waals surface area contributed by atoms with E-state index in [1.807, 2.05) is 0 Å². The molecule has 2 aromatic rings. The van der Waals surface area contributed by atoms with Gasteiger partial charge in [-0.25, -0.2) is 4.39 Å². The summed E-state index contributed by atoms with van der Waals surface area (Å²) in [6.07, 6.45) is -5.03. The van der Waals surface area contributed by atoms with Gasteiger partial charge in [0.2, 0.25) is 0 Å². The Balaban J connectivity index is 2.47. The third kappa shape index (κ3) is 4.31. The number of amides is 1. The smallest absolute Gasteiger partial charge is 0.418 e. The number of rotatable bonds is 5. The van der Waals surface area contributed by atoms with Crippen molar-refractivity contribution in [2.75, 3.05) is 0 Å². The maximum Gasteiger partial charge on any atom is 0.418 e. The van der Waals surface area contributed by atoms with E-state index < -0.39 is 46.4 Å². The summed E-state index contributed by atoms with van der Waals surface area (Å²) in [4.78, 5) is 11.4. The van der Waals surface area contributed by atoms with Crippen molar-refractivity contribution in [2.45, 2.75) is 12.8 Å². The molecule has 0 bridgehead atoms. The van der Waals surface area contributed by atoms with Crippen molar-refractivity contribution in [3.63, 3.8) is 0 Å². The van der Waals surface area contributed by atoms with Crippen LogP contribution in [0.2, 0.25) is 5.02 Å². The highest BCUT2D eigenvalue weighted by atomic mass is 35.5. The van der Waals surface area contributed by atoms with E-state index in [1.165, 1.54) is 0 Å². The third-order valence-corrected chi connectivity index (χ3v) is 3.37. The second kappa shape index (κ2) is 7.32. The van der Waals surface area contributed by atoms with Crippen LogP contribution in [-0.4, -0.2) is 12.5 Å².